The summed E-state index contributed by atoms with van der Waals surface area (Å²) in [7, 11) is 4.01. The van der Waals surface area contributed by atoms with Gasteiger partial charge in [0, 0.05) is 44.6 Å². The molecule has 0 radical (unpaired) electrons. The number of aryl methyl sites for hydroxylation is 2. The molecule has 0 spiro atoms. The average Bonchev–Trinajstić information content (AvgIpc) is 2.89. The Hall–Kier alpha value is -3.09. The topological polar surface area (TPSA) is 52.6 Å². The first-order chi connectivity index (χ1) is 17.4. The lowest BCUT2D eigenvalue weighted by atomic mass is 9.99. The highest BCUT2D eigenvalue weighted by Crippen LogP contribution is 2.23. The minimum Gasteiger partial charge on any atom is -0.341 e. The lowest BCUT2D eigenvalue weighted by Gasteiger charge is -2.40. The lowest BCUT2D eigenvalue weighted by molar-refractivity contribution is -0.137. The quantitative estimate of drug-likeness (QED) is 0.453. The Labute approximate surface area is 216 Å². The van der Waals surface area contributed by atoms with Crippen molar-refractivity contribution in [3.63, 3.8) is 0 Å². The summed E-state index contributed by atoms with van der Waals surface area (Å²) in [6, 6.07) is 18.8. The number of carbonyl (C=O) groups excluding carboxylic acids is 1. The molecule has 190 valence electrons. The van der Waals surface area contributed by atoms with Gasteiger partial charge in [-0.15, -0.1) is 0 Å². The van der Waals surface area contributed by atoms with Crippen molar-refractivity contribution in [2.24, 2.45) is 0 Å². The Bertz CT molecular complexity index is 1080. The van der Waals surface area contributed by atoms with E-state index in [9.17, 15) is 4.79 Å². The van der Waals surface area contributed by atoms with Gasteiger partial charge < -0.3 is 4.90 Å². The van der Waals surface area contributed by atoms with Crippen molar-refractivity contribution in [3.8, 4) is 0 Å². The highest BCUT2D eigenvalue weighted by atomic mass is 16.2. The standard InChI is InChI=1S/C30H39N5O/c1-23-10-8-16-31-27(23)21-35(22-28-24(2)11-9-17-32-28)26-14-18-34(19-15-26)30(36)29(33(3)4)20-25-12-6-5-7-13-25/h5-13,16-17,26,29H,14-15,18-22H2,1-4H3. The van der Waals surface area contributed by atoms with Crippen LogP contribution in [0.2, 0.25) is 0 Å². The van der Waals surface area contributed by atoms with Crippen LogP contribution in [-0.2, 0) is 24.3 Å². The van der Waals surface area contributed by atoms with Gasteiger partial charge in [-0.3, -0.25) is 24.6 Å². The van der Waals surface area contributed by atoms with Crippen LogP contribution < -0.4 is 0 Å². The Morgan fingerprint density at radius 2 is 1.44 bits per heavy atom. The fourth-order valence-corrected chi connectivity index (χ4v) is 5.06. The van der Waals surface area contributed by atoms with E-state index in [1.54, 1.807) is 0 Å². The molecule has 1 amide bonds. The van der Waals surface area contributed by atoms with Crippen molar-refractivity contribution >= 4 is 5.91 Å². The third kappa shape index (κ3) is 6.56. The van der Waals surface area contributed by atoms with Crippen LogP contribution in [0.5, 0.6) is 0 Å². The smallest absolute Gasteiger partial charge is 0.240 e. The van der Waals surface area contributed by atoms with Gasteiger partial charge in [0.25, 0.3) is 0 Å². The second-order valence-corrected chi connectivity index (χ2v) is 10.2. The zero-order chi connectivity index (χ0) is 25.5. The van der Waals surface area contributed by atoms with Gasteiger partial charge in [-0.1, -0.05) is 42.5 Å². The van der Waals surface area contributed by atoms with Crippen LogP contribution in [0.1, 0.15) is 40.9 Å². The summed E-state index contributed by atoms with van der Waals surface area (Å²) >= 11 is 0. The highest BCUT2D eigenvalue weighted by molar-refractivity contribution is 5.82. The fraction of sp³-hybridized carbons (Fsp3) is 0.433. The Morgan fingerprint density at radius 3 is 1.94 bits per heavy atom. The highest BCUT2D eigenvalue weighted by Gasteiger charge is 2.32. The first-order valence-corrected chi connectivity index (χ1v) is 13.0. The van der Waals surface area contributed by atoms with Gasteiger partial charge in [0.2, 0.25) is 5.91 Å². The van der Waals surface area contributed by atoms with Crippen LogP contribution in [0.3, 0.4) is 0 Å². The number of carbonyl (C=O) groups is 1. The van der Waals surface area contributed by atoms with Crippen LogP contribution in [0, 0.1) is 13.8 Å². The third-order valence-electron chi connectivity index (χ3n) is 7.41. The molecule has 0 saturated carbocycles. The number of hydrogen-bond donors (Lipinski definition) is 0. The van der Waals surface area contributed by atoms with E-state index in [0.717, 1.165) is 56.8 Å². The van der Waals surface area contributed by atoms with E-state index in [1.807, 2.05) is 56.8 Å². The van der Waals surface area contributed by atoms with Gasteiger partial charge in [-0.2, -0.15) is 0 Å². The molecule has 1 aliphatic heterocycles. The average molecular weight is 486 g/mol. The van der Waals surface area contributed by atoms with Crippen molar-refractivity contribution in [3.05, 3.63) is 95.1 Å². The summed E-state index contributed by atoms with van der Waals surface area (Å²) in [6.07, 6.45) is 6.39. The zero-order valence-corrected chi connectivity index (χ0v) is 22.1. The predicted octanol–water partition coefficient (Wildman–Crippen LogP) is 4.26. The molecule has 1 atom stereocenters. The number of likely N-dealkylation sites (tertiary alicyclic amines) is 1. The molecule has 6 nitrogen and oxygen atoms in total. The molecular formula is C30H39N5O. The van der Waals surface area contributed by atoms with E-state index >= 15 is 0 Å². The van der Waals surface area contributed by atoms with Gasteiger partial charge in [0.1, 0.15) is 0 Å². The minimum absolute atomic E-state index is 0.146. The molecule has 1 unspecified atom stereocenters. The molecule has 1 aliphatic rings. The summed E-state index contributed by atoms with van der Waals surface area (Å²) in [5.41, 5.74) is 5.84. The lowest BCUT2D eigenvalue weighted by Crippen LogP contribution is -2.52. The second-order valence-electron chi connectivity index (χ2n) is 10.2. The number of rotatable bonds is 9. The van der Waals surface area contributed by atoms with E-state index in [2.05, 4.69) is 62.8 Å². The number of likely N-dealkylation sites (N-methyl/N-ethyl adjacent to an activating group) is 1. The molecule has 1 saturated heterocycles. The van der Waals surface area contributed by atoms with E-state index in [4.69, 9.17) is 0 Å². The maximum Gasteiger partial charge on any atom is 0.240 e. The molecule has 0 bridgehead atoms. The summed E-state index contributed by atoms with van der Waals surface area (Å²) in [4.78, 5) is 29.5. The van der Waals surface area contributed by atoms with Crippen LogP contribution in [0.25, 0.3) is 0 Å². The molecular weight excluding hydrogens is 446 g/mol. The summed E-state index contributed by atoms with van der Waals surface area (Å²) in [6.45, 7) is 7.39. The second kappa shape index (κ2) is 12.2. The first-order valence-electron chi connectivity index (χ1n) is 13.0. The first kappa shape index (κ1) is 26.0. The molecule has 3 heterocycles. The van der Waals surface area contributed by atoms with Crippen LogP contribution >= 0.6 is 0 Å². The molecule has 4 rings (SSSR count). The van der Waals surface area contributed by atoms with Crippen molar-refractivity contribution in [2.45, 2.75) is 58.3 Å². The molecule has 0 N–H and O–H groups in total. The number of amides is 1. The predicted molar refractivity (Wildman–Crippen MR) is 144 cm³/mol. The Kier molecular flexibility index (Phi) is 8.83. The number of pyridine rings is 2. The van der Waals surface area contributed by atoms with Gasteiger partial charge in [0.05, 0.1) is 17.4 Å². The normalized spacial score (nSPS) is 15.4. The molecule has 2 aromatic heterocycles. The molecule has 6 heteroatoms. The molecule has 1 aromatic carbocycles. The van der Waals surface area contributed by atoms with Crippen LogP contribution in [-0.4, -0.2) is 69.8 Å². The number of piperidine rings is 1. The van der Waals surface area contributed by atoms with E-state index in [0.29, 0.717) is 6.04 Å². The van der Waals surface area contributed by atoms with Crippen molar-refractivity contribution in [1.82, 2.24) is 24.7 Å². The maximum atomic E-state index is 13.5. The number of aromatic nitrogens is 2. The van der Waals surface area contributed by atoms with Gasteiger partial charge in [-0.25, -0.2) is 0 Å². The van der Waals surface area contributed by atoms with Gasteiger partial charge in [-0.05, 0) is 76.0 Å². The van der Waals surface area contributed by atoms with Gasteiger partial charge in [0.15, 0.2) is 0 Å². The van der Waals surface area contributed by atoms with E-state index in [1.165, 1.54) is 16.7 Å². The van der Waals surface area contributed by atoms with Crippen LogP contribution in [0.4, 0.5) is 0 Å². The summed E-state index contributed by atoms with van der Waals surface area (Å²) < 4.78 is 0. The van der Waals surface area contributed by atoms with Crippen molar-refractivity contribution < 1.29 is 4.79 Å². The SMILES string of the molecule is Cc1cccnc1CN(Cc1ncccc1C)C1CCN(C(=O)C(Cc2ccccc2)N(C)C)CC1. The number of benzene rings is 1. The molecule has 36 heavy (non-hydrogen) atoms. The summed E-state index contributed by atoms with van der Waals surface area (Å²) in [5.74, 6) is 0.231. The fourth-order valence-electron chi connectivity index (χ4n) is 5.06. The number of nitrogens with zero attached hydrogens (tertiary/aromatic N) is 5. The minimum atomic E-state index is -0.146. The monoisotopic (exact) mass is 485 g/mol. The van der Waals surface area contributed by atoms with E-state index < -0.39 is 0 Å². The third-order valence-corrected chi connectivity index (χ3v) is 7.41. The molecule has 3 aromatic rings. The van der Waals surface area contributed by atoms with Crippen LogP contribution in [0.15, 0.2) is 67.0 Å². The van der Waals surface area contributed by atoms with E-state index in [-0.39, 0.29) is 11.9 Å². The maximum absolute atomic E-state index is 13.5. The summed E-state index contributed by atoms with van der Waals surface area (Å²) in [5, 5.41) is 0. The molecule has 1 fully saturated rings. The number of hydrogen-bond acceptors (Lipinski definition) is 5. The Morgan fingerprint density at radius 1 is 0.889 bits per heavy atom. The Balaban J connectivity index is 1.45. The van der Waals surface area contributed by atoms with Crippen molar-refractivity contribution in [2.75, 3.05) is 27.2 Å². The largest absolute Gasteiger partial charge is 0.341 e. The molecule has 0 aliphatic carbocycles. The zero-order valence-electron chi connectivity index (χ0n) is 22.1. The van der Waals surface area contributed by atoms with Crippen molar-refractivity contribution in [1.29, 1.82) is 0 Å². The van der Waals surface area contributed by atoms with Gasteiger partial charge >= 0.3 is 0 Å².